The van der Waals surface area contributed by atoms with E-state index in [-0.39, 0.29) is 10.6 Å². The van der Waals surface area contributed by atoms with Gasteiger partial charge < -0.3 is 0 Å². The number of nitrogens with one attached hydrogen (secondary N) is 1. The van der Waals surface area contributed by atoms with Crippen molar-refractivity contribution in [1.82, 2.24) is 0 Å². The van der Waals surface area contributed by atoms with Gasteiger partial charge in [0.15, 0.2) is 11.6 Å². The second kappa shape index (κ2) is 7.57. The fourth-order valence-electron chi connectivity index (χ4n) is 3.21. The molecule has 0 unspecified atom stereocenters. The molecule has 0 atom stereocenters. The van der Waals surface area contributed by atoms with Crippen molar-refractivity contribution in [3.8, 4) is 0 Å². The summed E-state index contributed by atoms with van der Waals surface area (Å²) in [7, 11) is -4.08. The van der Waals surface area contributed by atoms with Gasteiger partial charge in [0.05, 0.1) is 10.6 Å². The monoisotopic (exact) mass is 432 g/mol. The SMILES string of the molecule is O=S(=O)(Nc1cccc(C2=NCCc3cc(Cl)ccc32)c1)c1ccc(F)c(F)c1. The Labute approximate surface area is 171 Å². The first kappa shape index (κ1) is 19.5. The molecule has 3 aromatic rings. The third kappa shape index (κ3) is 4.02. The topological polar surface area (TPSA) is 58.5 Å². The summed E-state index contributed by atoms with van der Waals surface area (Å²) in [5.74, 6) is -2.34. The summed E-state index contributed by atoms with van der Waals surface area (Å²) in [6.45, 7) is 0.605. The van der Waals surface area contributed by atoms with Gasteiger partial charge in [-0.1, -0.05) is 29.8 Å². The van der Waals surface area contributed by atoms with Gasteiger partial charge >= 0.3 is 0 Å². The normalized spacial score (nSPS) is 13.6. The summed E-state index contributed by atoms with van der Waals surface area (Å²) in [5.41, 5.74) is 3.79. The number of sulfonamides is 1. The standard InChI is InChI=1S/C21H15ClF2N2O2S/c22-15-4-6-18-13(10-15)8-9-25-21(18)14-2-1-3-16(11-14)26-29(27,28)17-5-7-19(23)20(24)12-17/h1-7,10-12,26H,8-9H2. The zero-order chi connectivity index (χ0) is 20.6. The molecular weight excluding hydrogens is 418 g/mol. The molecule has 1 N–H and O–H groups in total. The molecule has 29 heavy (non-hydrogen) atoms. The van der Waals surface area contributed by atoms with Crippen molar-refractivity contribution in [3.05, 3.63) is 94.0 Å². The Hall–Kier alpha value is -2.77. The number of fused-ring (bicyclic) bond motifs is 1. The number of halogens is 3. The van der Waals surface area contributed by atoms with Crippen molar-refractivity contribution in [2.45, 2.75) is 11.3 Å². The van der Waals surface area contributed by atoms with Gasteiger partial charge in [0.2, 0.25) is 0 Å². The minimum Gasteiger partial charge on any atom is -0.284 e. The molecule has 8 heteroatoms. The van der Waals surface area contributed by atoms with Crippen LogP contribution in [0.2, 0.25) is 5.02 Å². The fraction of sp³-hybridized carbons (Fsp3) is 0.0952. The molecule has 148 valence electrons. The molecule has 0 fully saturated rings. The van der Waals surface area contributed by atoms with E-state index in [0.717, 1.165) is 41.0 Å². The highest BCUT2D eigenvalue weighted by Crippen LogP contribution is 2.26. The van der Waals surface area contributed by atoms with Crippen LogP contribution in [0.25, 0.3) is 0 Å². The van der Waals surface area contributed by atoms with E-state index in [0.29, 0.717) is 17.6 Å². The lowest BCUT2D eigenvalue weighted by atomic mass is 9.93. The largest absolute Gasteiger partial charge is 0.284 e. The average Bonchev–Trinajstić information content (AvgIpc) is 2.69. The van der Waals surface area contributed by atoms with E-state index < -0.39 is 21.7 Å². The molecule has 4 rings (SSSR count). The van der Waals surface area contributed by atoms with Gasteiger partial charge in [-0.25, -0.2) is 17.2 Å². The van der Waals surface area contributed by atoms with Gasteiger partial charge in [-0.3, -0.25) is 9.71 Å². The van der Waals surface area contributed by atoms with Crippen LogP contribution >= 0.6 is 11.6 Å². The molecule has 0 aliphatic carbocycles. The van der Waals surface area contributed by atoms with Crippen molar-refractivity contribution in [3.63, 3.8) is 0 Å². The Morgan fingerprint density at radius 3 is 2.59 bits per heavy atom. The third-order valence-corrected chi connectivity index (χ3v) is 6.18. The summed E-state index contributed by atoms with van der Waals surface area (Å²) in [6.07, 6.45) is 0.780. The predicted octanol–water partition coefficient (Wildman–Crippen LogP) is 4.81. The molecular formula is C21H15ClF2N2O2S. The van der Waals surface area contributed by atoms with Crippen molar-refractivity contribution in [2.24, 2.45) is 4.99 Å². The lowest BCUT2D eigenvalue weighted by Crippen LogP contribution is -2.16. The van der Waals surface area contributed by atoms with Crippen LogP contribution < -0.4 is 4.72 Å². The number of rotatable bonds is 4. The highest BCUT2D eigenvalue weighted by Gasteiger charge is 2.19. The van der Waals surface area contributed by atoms with Crippen LogP contribution in [0, 0.1) is 11.6 Å². The minimum atomic E-state index is -4.08. The Bertz CT molecular complexity index is 1240. The quantitative estimate of drug-likeness (QED) is 0.643. The van der Waals surface area contributed by atoms with Crippen molar-refractivity contribution in [2.75, 3.05) is 11.3 Å². The second-order valence-electron chi connectivity index (χ2n) is 6.54. The van der Waals surface area contributed by atoms with Gasteiger partial charge in [0, 0.05) is 28.4 Å². The van der Waals surface area contributed by atoms with Gasteiger partial charge in [-0.15, -0.1) is 0 Å². The first-order chi connectivity index (χ1) is 13.8. The van der Waals surface area contributed by atoms with Gasteiger partial charge in [-0.2, -0.15) is 0 Å². The lowest BCUT2D eigenvalue weighted by Gasteiger charge is -2.18. The molecule has 0 saturated heterocycles. The summed E-state index contributed by atoms with van der Waals surface area (Å²) in [6, 6.07) is 14.8. The Kier molecular flexibility index (Phi) is 5.10. The highest BCUT2D eigenvalue weighted by molar-refractivity contribution is 7.92. The Morgan fingerprint density at radius 1 is 0.966 bits per heavy atom. The number of benzene rings is 3. The van der Waals surface area contributed by atoms with Gasteiger partial charge in [-0.05, 0) is 54.4 Å². The van der Waals surface area contributed by atoms with Crippen LogP contribution in [0.4, 0.5) is 14.5 Å². The highest BCUT2D eigenvalue weighted by atomic mass is 35.5. The molecule has 0 amide bonds. The maximum atomic E-state index is 13.4. The summed E-state index contributed by atoms with van der Waals surface area (Å²) >= 11 is 6.08. The van der Waals surface area contributed by atoms with Crippen LogP contribution in [0.1, 0.15) is 16.7 Å². The second-order valence-corrected chi connectivity index (χ2v) is 8.66. The van der Waals surface area contributed by atoms with E-state index in [4.69, 9.17) is 11.6 Å². The molecule has 0 radical (unpaired) electrons. The maximum Gasteiger partial charge on any atom is 0.261 e. The number of anilines is 1. The lowest BCUT2D eigenvalue weighted by molar-refractivity contribution is 0.504. The van der Waals surface area contributed by atoms with Crippen molar-refractivity contribution in [1.29, 1.82) is 0 Å². The van der Waals surface area contributed by atoms with E-state index in [2.05, 4.69) is 9.71 Å². The molecule has 0 spiro atoms. The zero-order valence-electron chi connectivity index (χ0n) is 15.0. The number of hydrogen-bond acceptors (Lipinski definition) is 3. The van der Waals surface area contributed by atoms with Crippen LogP contribution in [0.5, 0.6) is 0 Å². The molecule has 3 aromatic carbocycles. The van der Waals surface area contributed by atoms with E-state index in [9.17, 15) is 17.2 Å². The summed E-state index contributed by atoms with van der Waals surface area (Å²) < 4.78 is 54.0. The first-order valence-corrected chi connectivity index (χ1v) is 10.6. The number of aliphatic imine (C=N–C) groups is 1. The predicted molar refractivity (Wildman–Crippen MR) is 109 cm³/mol. The summed E-state index contributed by atoms with van der Waals surface area (Å²) in [5, 5.41) is 0.651. The molecule has 0 saturated carbocycles. The van der Waals surface area contributed by atoms with Crippen LogP contribution in [0.3, 0.4) is 0 Å². The van der Waals surface area contributed by atoms with E-state index in [1.807, 2.05) is 18.2 Å². The molecule has 0 aromatic heterocycles. The van der Waals surface area contributed by atoms with Crippen LogP contribution in [0.15, 0.2) is 70.6 Å². The number of hydrogen-bond donors (Lipinski definition) is 1. The maximum absolute atomic E-state index is 13.4. The van der Waals surface area contributed by atoms with Gasteiger partial charge in [0.25, 0.3) is 10.0 Å². The van der Waals surface area contributed by atoms with Crippen molar-refractivity contribution < 1.29 is 17.2 Å². The molecule has 1 heterocycles. The fourth-order valence-corrected chi connectivity index (χ4v) is 4.46. The van der Waals surface area contributed by atoms with E-state index >= 15 is 0 Å². The molecule has 1 aliphatic rings. The Balaban J connectivity index is 1.66. The van der Waals surface area contributed by atoms with Crippen LogP contribution in [-0.2, 0) is 16.4 Å². The molecule has 1 aliphatic heterocycles. The van der Waals surface area contributed by atoms with Crippen LogP contribution in [-0.4, -0.2) is 20.7 Å². The minimum absolute atomic E-state index is 0.288. The molecule has 0 bridgehead atoms. The van der Waals surface area contributed by atoms with E-state index in [1.165, 1.54) is 0 Å². The van der Waals surface area contributed by atoms with Crippen molar-refractivity contribution >= 4 is 33.0 Å². The summed E-state index contributed by atoms with van der Waals surface area (Å²) in [4.78, 5) is 4.23. The number of nitrogens with zero attached hydrogens (tertiary/aromatic N) is 1. The average molecular weight is 433 g/mol. The molecule has 4 nitrogen and oxygen atoms in total. The third-order valence-electron chi connectivity index (χ3n) is 4.56. The van der Waals surface area contributed by atoms with E-state index in [1.54, 1.807) is 24.3 Å². The zero-order valence-corrected chi connectivity index (χ0v) is 16.6. The van der Waals surface area contributed by atoms with Gasteiger partial charge in [0.1, 0.15) is 0 Å². The smallest absolute Gasteiger partial charge is 0.261 e. The first-order valence-electron chi connectivity index (χ1n) is 8.75. The Morgan fingerprint density at radius 2 is 1.79 bits per heavy atom.